The monoisotopic (exact) mass is 140 g/mol. The summed E-state index contributed by atoms with van der Waals surface area (Å²) in [5, 5.41) is 3.62. The van der Waals surface area contributed by atoms with Crippen LogP contribution in [0.4, 0.5) is 0 Å². The molecule has 1 unspecified atom stereocenters. The van der Waals surface area contributed by atoms with Gasteiger partial charge in [0.15, 0.2) is 5.90 Å². The van der Waals surface area contributed by atoms with E-state index in [0.29, 0.717) is 13.2 Å². The van der Waals surface area contributed by atoms with Gasteiger partial charge in [-0.15, -0.1) is 0 Å². The van der Waals surface area contributed by atoms with Crippen LogP contribution in [-0.4, -0.2) is 31.9 Å². The summed E-state index contributed by atoms with van der Waals surface area (Å²) in [5.74, 6) is 0.948. The number of aliphatic imine (C=N–C) groups is 1. The van der Waals surface area contributed by atoms with Gasteiger partial charge in [-0.1, -0.05) is 5.16 Å². The number of ether oxygens (including phenoxy) is 1. The fourth-order valence-corrected chi connectivity index (χ4v) is 0.994. The van der Waals surface area contributed by atoms with E-state index in [4.69, 9.17) is 9.57 Å². The highest BCUT2D eigenvalue weighted by Gasteiger charge is 2.22. The predicted molar refractivity (Wildman–Crippen MR) is 36.2 cm³/mol. The van der Waals surface area contributed by atoms with E-state index in [1.165, 1.54) is 0 Å². The predicted octanol–water partition coefficient (Wildman–Crippen LogP) is 0.0473. The van der Waals surface area contributed by atoms with Crippen LogP contribution in [0.25, 0.3) is 0 Å². The molecule has 1 atom stereocenters. The van der Waals surface area contributed by atoms with Crippen molar-refractivity contribution in [2.24, 2.45) is 16.1 Å². The average molecular weight is 140 g/mol. The molecule has 0 saturated heterocycles. The molecule has 4 heteroatoms. The highest BCUT2D eigenvalue weighted by molar-refractivity contribution is 5.94. The van der Waals surface area contributed by atoms with Gasteiger partial charge in [0.2, 0.25) is 0 Å². The number of nitrogens with zero attached hydrogens (tertiary/aromatic N) is 2. The molecule has 0 aromatic heterocycles. The zero-order valence-corrected chi connectivity index (χ0v) is 5.49. The van der Waals surface area contributed by atoms with Crippen molar-refractivity contribution in [3.63, 3.8) is 0 Å². The van der Waals surface area contributed by atoms with Crippen molar-refractivity contribution in [2.45, 2.75) is 0 Å². The number of hydrogen-bond donors (Lipinski definition) is 0. The summed E-state index contributed by atoms with van der Waals surface area (Å²) < 4.78 is 5.22. The first kappa shape index (κ1) is 5.70. The molecule has 0 aromatic rings. The van der Waals surface area contributed by atoms with Gasteiger partial charge >= 0.3 is 0 Å². The van der Waals surface area contributed by atoms with Crippen LogP contribution in [0.1, 0.15) is 0 Å². The van der Waals surface area contributed by atoms with Crippen LogP contribution < -0.4 is 0 Å². The molecule has 0 amide bonds. The van der Waals surface area contributed by atoms with Gasteiger partial charge in [-0.05, 0) is 0 Å². The van der Waals surface area contributed by atoms with E-state index in [-0.39, 0.29) is 5.92 Å². The fourth-order valence-electron chi connectivity index (χ4n) is 0.994. The molecule has 2 aliphatic rings. The maximum Gasteiger partial charge on any atom is 0.195 e. The first-order chi connectivity index (χ1) is 4.97. The van der Waals surface area contributed by atoms with Crippen molar-refractivity contribution in [2.75, 3.05) is 19.8 Å². The van der Waals surface area contributed by atoms with E-state index < -0.39 is 0 Å². The van der Waals surface area contributed by atoms with Crippen molar-refractivity contribution in [1.82, 2.24) is 0 Å². The quantitative estimate of drug-likeness (QED) is 0.516. The Labute approximate surface area is 58.5 Å². The summed E-state index contributed by atoms with van der Waals surface area (Å²) in [7, 11) is 0. The van der Waals surface area contributed by atoms with Gasteiger partial charge in [0, 0.05) is 0 Å². The minimum Gasteiger partial charge on any atom is -0.478 e. The van der Waals surface area contributed by atoms with Gasteiger partial charge in [0.1, 0.15) is 19.1 Å². The van der Waals surface area contributed by atoms with Crippen molar-refractivity contribution >= 4 is 12.1 Å². The number of oxime groups is 1. The van der Waals surface area contributed by atoms with Gasteiger partial charge in [-0.25, -0.2) is 0 Å². The van der Waals surface area contributed by atoms with E-state index >= 15 is 0 Å². The van der Waals surface area contributed by atoms with E-state index in [0.717, 1.165) is 12.4 Å². The number of rotatable bonds is 1. The second-order valence-electron chi connectivity index (χ2n) is 2.23. The number of hydrogen-bond acceptors (Lipinski definition) is 4. The van der Waals surface area contributed by atoms with E-state index in [1.807, 2.05) is 0 Å². The van der Waals surface area contributed by atoms with Crippen LogP contribution in [0.5, 0.6) is 0 Å². The van der Waals surface area contributed by atoms with E-state index in [1.54, 1.807) is 6.21 Å². The third-order valence-electron chi connectivity index (χ3n) is 1.50. The summed E-state index contributed by atoms with van der Waals surface area (Å²) in [6, 6.07) is 0. The summed E-state index contributed by atoms with van der Waals surface area (Å²) >= 11 is 0. The lowest BCUT2D eigenvalue weighted by atomic mass is 10.2. The maximum atomic E-state index is 5.22. The standard InChI is InChI=1S/C6H8N2O2/c1-2-9-6(7-1)5-3-8-10-4-5/h3,5H,1-2,4H2. The lowest BCUT2D eigenvalue weighted by molar-refractivity contribution is 0.160. The van der Waals surface area contributed by atoms with Gasteiger partial charge in [0.05, 0.1) is 12.8 Å². The second kappa shape index (κ2) is 2.28. The molecule has 0 radical (unpaired) electrons. The van der Waals surface area contributed by atoms with Crippen LogP contribution in [0.15, 0.2) is 10.1 Å². The van der Waals surface area contributed by atoms with E-state index in [9.17, 15) is 0 Å². The van der Waals surface area contributed by atoms with E-state index in [2.05, 4.69) is 10.1 Å². The molecule has 2 rings (SSSR count). The van der Waals surface area contributed by atoms with Gasteiger partial charge in [-0.3, -0.25) is 4.99 Å². The van der Waals surface area contributed by atoms with Crippen LogP contribution in [0, 0.1) is 5.92 Å². The smallest absolute Gasteiger partial charge is 0.195 e. The van der Waals surface area contributed by atoms with Gasteiger partial charge in [-0.2, -0.15) is 0 Å². The molecule has 0 aromatic carbocycles. The summed E-state index contributed by atoms with van der Waals surface area (Å²) in [4.78, 5) is 8.92. The second-order valence-corrected chi connectivity index (χ2v) is 2.23. The van der Waals surface area contributed by atoms with Crippen molar-refractivity contribution < 1.29 is 9.57 Å². The third-order valence-corrected chi connectivity index (χ3v) is 1.50. The summed E-state index contributed by atoms with van der Waals surface area (Å²) in [5.41, 5.74) is 0. The average Bonchev–Trinajstić information content (AvgIpc) is 2.59. The fraction of sp³-hybridized carbons (Fsp3) is 0.667. The molecule has 0 saturated carbocycles. The molecule has 4 nitrogen and oxygen atoms in total. The molecular formula is C6H8N2O2. The Kier molecular flexibility index (Phi) is 1.30. The molecule has 0 spiro atoms. The molecule has 0 N–H and O–H groups in total. The van der Waals surface area contributed by atoms with Crippen LogP contribution in [0.3, 0.4) is 0 Å². The highest BCUT2D eigenvalue weighted by atomic mass is 16.6. The lowest BCUT2D eigenvalue weighted by Crippen LogP contribution is -2.16. The summed E-state index contributed by atoms with van der Waals surface area (Å²) in [6.07, 6.45) is 1.73. The SMILES string of the molecule is C1=NOCC1C1=NCCO1. The maximum absolute atomic E-state index is 5.22. The third kappa shape index (κ3) is 0.853. The van der Waals surface area contributed by atoms with Crippen molar-refractivity contribution in [3.05, 3.63) is 0 Å². The normalized spacial score (nSPS) is 29.6. The molecule has 0 bridgehead atoms. The lowest BCUT2D eigenvalue weighted by Gasteiger charge is -2.02. The van der Waals surface area contributed by atoms with Gasteiger partial charge in [0.25, 0.3) is 0 Å². The minimum atomic E-state index is 0.169. The molecule has 10 heavy (non-hydrogen) atoms. The van der Waals surface area contributed by atoms with Crippen LogP contribution in [-0.2, 0) is 9.57 Å². The molecule has 54 valence electrons. The highest BCUT2D eigenvalue weighted by Crippen LogP contribution is 2.09. The molecule has 0 aliphatic carbocycles. The Balaban J connectivity index is 2.04. The largest absolute Gasteiger partial charge is 0.478 e. The first-order valence-electron chi connectivity index (χ1n) is 3.29. The minimum absolute atomic E-state index is 0.169. The molecule has 2 heterocycles. The van der Waals surface area contributed by atoms with Crippen molar-refractivity contribution in [1.29, 1.82) is 0 Å². The van der Waals surface area contributed by atoms with Crippen molar-refractivity contribution in [3.8, 4) is 0 Å². The zero-order chi connectivity index (χ0) is 6.81. The zero-order valence-electron chi connectivity index (χ0n) is 5.49. The first-order valence-corrected chi connectivity index (χ1v) is 3.29. The Hall–Kier alpha value is -1.06. The summed E-state index contributed by atoms with van der Waals surface area (Å²) in [6.45, 7) is 2.07. The Morgan fingerprint density at radius 2 is 2.60 bits per heavy atom. The topological polar surface area (TPSA) is 43.2 Å². The molecule has 2 aliphatic heterocycles. The van der Waals surface area contributed by atoms with Gasteiger partial charge < -0.3 is 9.57 Å². The molecular weight excluding hydrogens is 132 g/mol. The molecule has 0 fully saturated rings. The van der Waals surface area contributed by atoms with Crippen LogP contribution in [0.2, 0.25) is 0 Å². The Morgan fingerprint density at radius 3 is 3.20 bits per heavy atom. The van der Waals surface area contributed by atoms with Crippen LogP contribution >= 0.6 is 0 Å². The Morgan fingerprint density at radius 1 is 1.60 bits per heavy atom. The Bertz CT molecular complexity index is 188.